The quantitative estimate of drug-likeness (QED) is 0.803. The third kappa shape index (κ3) is 1.98. The number of halogens is 1. The van der Waals surface area contributed by atoms with E-state index in [1.807, 2.05) is 17.0 Å². The Morgan fingerprint density at radius 1 is 1.46 bits per heavy atom. The Bertz CT molecular complexity index is 308. The Morgan fingerprint density at radius 2 is 2.38 bits per heavy atom. The van der Waals surface area contributed by atoms with Crippen molar-refractivity contribution in [2.75, 3.05) is 18.0 Å². The molecule has 0 spiro atoms. The fourth-order valence-electron chi connectivity index (χ4n) is 1.11. The molecule has 0 atom stereocenters. The van der Waals surface area contributed by atoms with Gasteiger partial charge in [-0.3, -0.25) is 0 Å². The highest BCUT2D eigenvalue weighted by molar-refractivity contribution is 9.10. The summed E-state index contributed by atoms with van der Waals surface area (Å²) in [5, 5.41) is 3.96. The van der Waals surface area contributed by atoms with Gasteiger partial charge < -0.3 is 10.3 Å². The lowest BCUT2D eigenvalue weighted by Gasteiger charge is -2.21. The van der Waals surface area contributed by atoms with Crippen LogP contribution < -0.4 is 10.3 Å². The van der Waals surface area contributed by atoms with Crippen molar-refractivity contribution < 1.29 is 0 Å². The lowest BCUT2D eigenvalue weighted by atomic mass is 10.4. The molecular formula is C8H9BrN4. The fourth-order valence-corrected chi connectivity index (χ4v) is 1.35. The molecule has 13 heavy (non-hydrogen) atoms. The van der Waals surface area contributed by atoms with Crippen LogP contribution in [0.4, 0.5) is 5.82 Å². The van der Waals surface area contributed by atoms with E-state index in [9.17, 15) is 0 Å². The van der Waals surface area contributed by atoms with E-state index >= 15 is 0 Å². The van der Waals surface area contributed by atoms with Gasteiger partial charge in [0.15, 0.2) is 0 Å². The number of anilines is 1. The number of nitrogens with one attached hydrogen (secondary N) is 1. The van der Waals surface area contributed by atoms with Crippen LogP contribution in [0.15, 0.2) is 27.9 Å². The summed E-state index contributed by atoms with van der Waals surface area (Å²) in [4.78, 5) is 6.26. The summed E-state index contributed by atoms with van der Waals surface area (Å²) < 4.78 is 0.989. The van der Waals surface area contributed by atoms with Gasteiger partial charge in [0.05, 0.1) is 6.54 Å². The molecule has 0 unspecified atom stereocenters. The lowest BCUT2D eigenvalue weighted by molar-refractivity contribution is 0.704. The molecule has 1 aromatic rings. The van der Waals surface area contributed by atoms with Crippen LogP contribution in [0.25, 0.3) is 0 Å². The van der Waals surface area contributed by atoms with Gasteiger partial charge >= 0.3 is 0 Å². The molecule has 0 aliphatic carbocycles. The topological polar surface area (TPSA) is 40.5 Å². The highest BCUT2D eigenvalue weighted by atomic mass is 79.9. The van der Waals surface area contributed by atoms with Crippen molar-refractivity contribution in [3.05, 3.63) is 22.8 Å². The molecule has 1 N–H and O–H groups in total. The zero-order valence-electron chi connectivity index (χ0n) is 6.94. The highest BCUT2D eigenvalue weighted by Gasteiger charge is 2.06. The summed E-state index contributed by atoms with van der Waals surface area (Å²) in [5.74, 6) is 0.924. The zero-order chi connectivity index (χ0) is 9.10. The number of pyridine rings is 1. The van der Waals surface area contributed by atoms with Gasteiger partial charge in [-0.25, -0.2) is 4.98 Å². The summed E-state index contributed by atoms with van der Waals surface area (Å²) in [5.41, 5.74) is 2.89. The van der Waals surface area contributed by atoms with Crippen molar-refractivity contribution in [2.45, 2.75) is 0 Å². The first-order chi connectivity index (χ1) is 6.36. The minimum Gasteiger partial charge on any atom is -0.314 e. The maximum absolute atomic E-state index is 4.26. The average molecular weight is 241 g/mol. The molecule has 0 saturated heterocycles. The summed E-state index contributed by atoms with van der Waals surface area (Å²) >= 11 is 3.34. The number of nitrogens with zero attached hydrogens (tertiary/aromatic N) is 3. The molecule has 2 rings (SSSR count). The molecule has 68 valence electrons. The number of hydrogen-bond acceptors (Lipinski definition) is 4. The highest BCUT2D eigenvalue weighted by Crippen LogP contribution is 2.13. The van der Waals surface area contributed by atoms with Gasteiger partial charge in [0, 0.05) is 17.2 Å². The molecule has 1 aliphatic heterocycles. The van der Waals surface area contributed by atoms with E-state index in [0.717, 1.165) is 23.4 Å². The molecule has 0 bridgehead atoms. The van der Waals surface area contributed by atoms with E-state index in [0.29, 0.717) is 0 Å². The van der Waals surface area contributed by atoms with E-state index < -0.39 is 0 Å². The second-order valence-electron chi connectivity index (χ2n) is 2.68. The first-order valence-electron chi connectivity index (χ1n) is 4.00. The predicted molar refractivity (Wildman–Crippen MR) is 55.8 cm³/mol. The minimum atomic E-state index is 0.855. The van der Waals surface area contributed by atoms with Gasteiger partial charge in [0.2, 0.25) is 0 Å². The maximum atomic E-state index is 4.26. The van der Waals surface area contributed by atoms with E-state index in [2.05, 4.69) is 31.4 Å². The Hall–Kier alpha value is -1.10. The fraction of sp³-hybridized carbons (Fsp3) is 0.250. The average Bonchev–Trinajstić information content (AvgIpc) is 2.20. The van der Waals surface area contributed by atoms with Gasteiger partial charge in [-0.1, -0.05) is 0 Å². The summed E-state index contributed by atoms with van der Waals surface area (Å²) in [7, 11) is 0. The standard InChI is InChI=1S/C8H9BrN4/c9-7-1-2-8(10-5-7)13-4-3-11-12-6-13/h1-2,5-6,11H,3-4H2. The van der Waals surface area contributed by atoms with E-state index in [-0.39, 0.29) is 0 Å². The minimum absolute atomic E-state index is 0.855. The Kier molecular flexibility index (Phi) is 2.44. The van der Waals surface area contributed by atoms with Crippen LogP contribution in [-0.2, 0) is 0 Å². The summed E-state index contributed by atoms with van der Waals surface area (Å²) in [6.45, 7) is 1.76. The molecule has 0 saturated carbocycles. The van der Waals surface area contributed by atoms with Crippen molar-refractivity contribution in [1.82, 2.24) is 10.4 Å². The predicted octanol–water partition coefficient (Wildman–Crippen LogP) is 1.20. The smallest absolute Gasteiger partial charge is 0.133 e. The Morgan fingerprint density at radius 3 is 3.00 bits per heavy atom. The van der Waals surface area contributed by atoms with Crippen molar-refractivity contribution in [2.24, 2.45) is 5.10 Å². The molecule has 2 heterocycles. The number of rotatable bonds is 1. The molecule has 1 aliphatic rings. The first kappa shape index (κ1) is 8.50. The lowest BCUT2D eigenvalue weighted by Crippen LogP contribution is -2.35. The second kappa shape index (κ2) is 3.74. The van der Waals surface area contributed by atoms with Crippen molar-refractivity contribution in [3.63, 3.8) is 0 Å². The van der Waals surface area contributed by atoms with Gasteiger partial charge in [-0.15, -0.1) is 0 Å². The molecule has 0 amide bonds. The van der Waals surface area contributed by atoms with Crippen LogP contribution in [0.5, 0.6) is 0 Å². The summed E-state index contributed by atoms with van der Waals surface area (Å²) in [6, 6.07) is 3.93. The second-order valence-corrected chi connectivity index (χ2v) is 3.60. The first-order valence-corrected chi connectivity index (χ1v) is 4.80. The monoisotopic (exact) mass is 240 g/mol. The van der Waals surface area contributed by atoms with Crippen LogP contribution in [0, 0.1) is 0 Å². The normalized spacial score (nSPS) is 15.6. The molecular weight excluding hydrogens is 232 g/mol. The maximum Gasteiger partial charge on any atom is 0.133 e. The third-order valence-electron chi connectivity index (χ3n) is 1.76. The summed E-state index contributed by atoms with van der Waals surface area (Å²) in [6.07, 6.45) is 3.53. The van der Waals surface area contributed by atoms with Crippen molar-refractivity contribution in [3.8, 4) is 0 Å². The molecule has 0 radical (unpaired) electrons. The Balaban J connectivity index is 2.19. The molecule has 1 aromatic heterocycles. The van der Waals surface area contributed by atoms with Gasteiger partial charge in [0.25, 0.3) is 0 Å². The largest absolute Gasteiger partial charge is 0.314 e. The van der Waals surface area contributed by atoms with Gasteiger partial charge in [0.1, 0.15) is 12.2 Å². The van der Waals surface area contributed by atoms with Gasteiger partial charge in [-0.2, -0.15) is 5.10 Å². The Labute approximate surface area is 84.8 Å². The number of hydrazone groups is 1. The van der Waals surface area contributed by atoms with E-state index in [4.69, 9.17) is 0 Å². The SMILES string of the molecule is Brc1ccc(N2C=NNCC2)nc1. The number of aromatic nitrogens is 1. The zero-order valence-corrected chi connectivity index (χ0v) is 8.53. The van der Waals surface area contributed by atoms with Gasteiger partial charge in [-0.05, 0) is 28.1 Å². The molecule has 4 nitrogen and oxygen atoms in total. The van der Waals surface area contributed by atoms with Crippen LogP contribution >= 0.6 is 15.9 Å². The van der Waals surface area contributed by atoms with Crippen LogP contribution in [-0.4, -0.2) is 24.4 Å². The molecule has 0 fully saturated rings. The molecule has 0 aromatic carbocycles. The number of hydrogen-bond donors (Lipinski definition) is 1. The van der Waals surface area contributed by atoms with E-state index in [1.54, 1.807) is 12.5 Å². The van der Waals surface area contributed by atoms with Crippen molar-refractivity contribution >= 4 is 28.1 Å². The van der Waals surface area contributed by atoms with E-state index in [1.165, 1.54) is 0 Å². The van der Waals surface area contributed by atoms with Crippen LogP contribution in [0.2, 0.25) is 0 Å². The molecule has 5 heteroatoms. The third-order valence-corrected chi connectivity index (χ3v) is 2.23. The van der Waals surface area contributed by atoms with Crippen LogP contribution in [0.1, 0.15) is 0 Å². The van der Waals surface area contributed by atoms with Crippen molar-refractivity contribution in [1.29, 1.82) is 0 Å². The van der Waals surface area contributed by atoms with Crippen LogP contribution in [0.3, 0.4) is 0 Å².